The summed E-state index contributed by atoms with van der Waals surface area (Å²) in [5.41, 5.74) is 4.82. The molecule has 22 heavy (non-hydrogen) atoms. The van der Waals surface area contributed by atoms with Gasteiger partial charge in [0.05, 0.1) is 34.2 Å². The van der Waals surface area contributed by atoms with Crippen LogP contribution in [0.1, 0.15) is 16.1 Å². The minimum absolute atomic E-state index is 0.0363. The highest BCUT2D eigenvalue weighted by Gasteiger charge is 2.29. The smallest absolute Gasteiger partial charge is 0.212 e. The van der Waals surface area contributed by atoms with Crippen molar-refractivity contribution >= 4 is 16.8 Å². The van der Waals surface area contributed by atoms with Crippen LogP contribution in [0.15, 0.2) is 55.0 Å². The highest BCUT2D eigenvalue weighted by molar-refractivity contribution is 6.17. The number of ketones is 1. The summed E-state index contributed by atoms with van der Waals surface area (Å²) in [5, 5.41) is 0. The first-order chi connectivity index (χ1) is 10.8. The zero-order chi connectivity index (χ0) is 14.7. The van der Waals surface area contributed by atoms with Crippen molar-refractivity contribution in [3.8, 4) is 17.1 Å². The minimum Gasteiger partial charge on any atom is -0.337 e. The number of hydrogen-bond acceptors (Lipinski definition) is 3. The maximum absolute atomic E-state index is 12.7. The van der Waals surface area contributed by atoms with Crippen LogP contribution >= 0.6 is 0 Å². The van der Waals surface area contributed by atoms with Crippen LogP contribution in [0.5, 0.6) is 0 Å². The first kappa shape index (κ1) is 11.4. The van der Waals surface area contributed by atoms with Crippen LogP contribution in [0.4, 0.5) is 0 Å². The lowest BCUT2D eigenvalue weighted by Crippen LogP contribution is -1.98. The lowest BCUT2D eigenvalue weighted by atomic mass is 10.0. The summed E-state index contributed by atoms with van der Waals surface area (Å²) >= 11 is 0. The molecule has 0 aliphatic carbocycles. The van der Waals surface area contributed by atoms with E-state index in [1.165, 1.54) is 0 Å². The Morgan fingerprint density at radius 1 is 1.09 bits per heavy atom. The summed E-state index contributed by atoms with van der Waals surface area (Å²) in [5.74, 6) is 0.730. The molecule has 0 amide bonds. The number of carbonyl (C=O) groups is 1. The number of hydrogen-bond donors (Lipinski definition) is 1. The Labute approximate surface area is 125 Å². The molecule has 1 aliphatic heterocycles. The third-order valence-corrected chi connectivity index (χ3v) is 4.05. The van der Waals surface area contributed by atoms with E-state index in [1.54, 1.807) is 12.4 Å². The van der Waals surface area contributed by atoms with E-state index in [0.717, 1.165) is 22.3 Å². The van der Waals surface area contributed by atoms with Crippen LogP contribution in [0.25, 0.3) is 28.1 Å². The number of carbonyl (C=O) groups excluding carboxylic acids is 1. The van der Waals surface area contributed by atoms with Gasteiger partial charge in [0, 0.05) is 18.0 Å². The average molecular weight is 286 g/mol. The number of imidazole rings is 1. The van der Waals surface area contributed by atoms with Crippen molar-refractivity contribution in [2.24, 2.45) is 0 Å². The Balaban J connectivity index is 1.80. The molecule has 104 valence electrons. The fourth-order valence-corrected chi connectivity index (χ4v) is 3.07. The number of aromatic amines is 1. The van der Waals surface area contributed by atoms with Gasteiger partial charge in [-0.15, -0.1) is 0 Å². The standard InChI is InChI=1S/C17H10N4O/c22-16-14-5-2-8-21(14)13-4-1-3-10(15(13)16)17-19-11-6-7-18-9-12(11)20-17/h1-9H,(H,19,20). The number of H-pyrrole nitrogens is 1. The first-order valence-corrected chi connectivity index (χ1v) is 6.98. The lowest BCUT2D eigenvalue weighted by molar-refractivity contribution is 0.104. The van der Waals surface area contributed by atoms with Crippen molar-refractivity contribution in [1.29, 1.82) is 0 Å². The van der Waals surface area contributed by atoms with Crippen molar-refractivity contribution in [3.63, 3.8) is 0 Å². The molecule has 0 radical (unpaired) electrons. The molecule has 4 aromatic rings. The third kappa shape index (κ3) is 1.34. The van der Waals surface area contributed by atoms with Crippen LogP contribution in [0, 0.1) is 0 Å². The van der Waals surface area contributed by atoms with E-state index < -0.39 is 0 Å². The van der Waals surface area contributed by atoms with Gasteiger partial charge in [0.25, 0.3) is 0 Å². The molecule has 3 aromatic heterocycles. The second-order valence-electron chi connectivity index (χ2n) is 5.27. The zero-order valence-electron chi connectivity index (χ0n) is 11.4. The van der Waals surface area contributed by atoms with Gasteiger partial charge in [-0.05, 0) is 24.3 Å². The first-order valence-electron chi connectivity index (χ1n) is 6.98. The molecule has 0 bridgehead atoms. The third-order valence-electron chi connectivity index (χ3n) is 4.05. The van der Waals surface area contributed by atoms with E-state index in [4.69, 9.17) is 0 Å². The number of fused-ring (bicyclic) bond motifs is 4. The van der Waals surface area contributed by atoms with Gasteiger partial charge in [-0.2, -0.15) is 0 Å². The molecule has 0 fully saturated rings. The molecular weight excluding hydrogens is 276 g/mol. The molecule has 1 N–H and O–H groups in total. The Hall–Kier alpha value is -3.21. The predicted molar refractivity (Wildman–Crippen MR) is 82.1 cm³/mol. The molecule has 4 heterocycles. The maximum Gasteiger partial charge on any atom is 0.212 e. The van der Waals surface area contributed by atoms with E-state index in [1.807, 2.05) is 47.2 Å². The van der Waals surface area contributed by atoms with E-state index in [9.17, 15) is 4.79 Å². The largest absolute Gasteiger partial charge is 0.337 e. The minimum atomic E-state index is 0.0363. The SMILES string of the molecule is O=C1c2c(-c3nc4ccncc4[nH]3)cccc2-n2cccc21. The fourth-order valence-electron chi connectivity index (χ4n) is 3.07. The Morgan fingerprint density at radius 3 is 2.95 bits per heavy atom. The van der Waals surface area contributed by atoms with E-state index in [0.29, 0.717) is 17.1 Å². The number of benzene rings is 1. The molecule has 1 aromatic carbocycles. The summed E-state index contributed by atoms with van der Waals surface area (Å²) in [4.78, 5) is 24.6. The molecule has 0 unspecified atom stereocenters. The van der Waals surface area contributed by atoms with Gasteiger partial charge in [0.1, 0.15) is 5.82 Å². The summed E-state index contributed by atoms with van der Waals surface area (Å²) in [6.45, 7) is 0. The van der Waals surface area contributed by atoms with Gasteiger partial charge in [-0.1, -0.05) is 12.1 Å². The molecule has 0 saturated heterocycles. The molecule has 0 spiro atoms. The van der Waals surface area contributed by atoms with Crippen molar-refractivity contribution in [3.05, 3.63) is 66.2 Å². The second-order valence-corrected chi connectivity index (χ2v) is 5.27. The normalized spacial score (nSPS) is 12.6. The van der Waals surface area contributed by atoms with Crippen LogP contribution in [-0.4, -0.2) is 25.3 Å². The molecule has 0 atom stereocenters. The summed E-state index contributed by atoms with van der Waals surface area (Å²) in [7, 11) is 0. The average Bonchev–Trinajstić information content (AvgIpc) is 3.24. The number of rotatable bonds is 1. The summed E-state index contributed by atoms with van der Waals surface area (Å²) in [6, 6.07) is 11.4. The Bertz CT molecular complexity index is 1020. The van der Waals surface area contributed by atoms with E-state index in [-0.39, 0.29) is 5.78 Å². The Kier molecular flexibility index (Phi) is 2.04. The summed E-state index contributed by atoms with van der Waals surface area (Å²) in [6.07, 6.45) is 5.35. The number of nitrogens with one attached hydrogen (secondary N) is 1. The monoisotopic (exact) mass is 286 g/mol. The molecule has 0 saturated carbocycles. The topological polar surface area (TPSA) is 63.6 Å². The molecule has 5 heteroatoms. The van der Waals surface area contributed by atoms with Crippen molar-refractivity contribution in [2.45, 2.75) is 0 Å². The quantitative estimate of drug-likeness (QED) is 0.515. The molecule has 5 nitrogen and oxygen atoms in total. The number of pyridine rings is 1. The van der Waals surface area contributed by atoms with Crippen molar-refractivity contribution in [1.82, 2.24) is 19.5 Å². The van der Waals surface area contributed by atoms with Crippen LogP contribution < -0.4 is 0 Å². The molecule has 5 rings (SSSR count). The lowest BCUT2D eigenvalue weighted by Gasteiger charge is -2.05. The van der Waals surface area contributed by atoms with E-state index >= 15 is 0 Å². The number of aromatic nitrogens is 4. The van der Waals surface area contributed by atoms with Crippen LogP contribution in [-0.2, 0) is 0 Å². The van der Waals surface area contributed by atoms with Crippen LogP contribution in [0.3, 0.4) is 0 Å². The van der Waals surface area contributed by atoms with Crippen molar-refractivity contribution in [2.75, 3.05) is 0 Å². The van der Waals surface area contributed by atoms with Gasteiger partial charge >= 0.3 is 0 Å². The second kappa shape index (κ2) is 3.92. The number of nitrogens with zero attached hydrogens (tertiary/aromatic N) is 3. The van der Waals surface area contributed by atoms with E-state index in [2.05, 4.69) is 15.0 Å². The highest BCUT2D eigenvalue weighted by Crippen LogP contribution is 2.35. The fraction of sp³-hybridized carbons (Fsp3) is 0. The van der Waals surface area contributed by atoms with Gasteiger partial charge < -0.3 is 9.55 Å². The van der Waals surface area contributed by atoms with Gasteiger partial charge in [0.2, 0.25) is 5.78 Å². The van der Waals surface area contributed by atoms with Crippen molar-refractivity contribution < 1.29 is 4.79 Å². The predicted octanol–water partition coefficient (Wildman–Crippen LogP) is 2.96. The van der Waals surface area contributed by atoms with Gasteiger partial charge in [-0.25, -0.2) is 4.98 Å². The summed E-state index contributed by atoms with van der Waals surface area (Å²) < 4.78 is 1.92. The van der Waals surface area contributed by atoms with Gasteiger partial charge in [0.15, 0.2) is 0 Å². The zero-order valence-corrected chi connectivity index (χ0v) is 11.4. The Morgan fingerprint density at radius 2 is 2.05 bits per heavy atom. The molecular formula is C17H10N4O. The van der Waals surface area contributed by atoms with Gasteiger partial charge in [-0.3, -0.25) is 9.78 Å². The highest BCUT2D eigenvalue weighted by atomic mass is 16.1. The maximum atomic E-state index is 12.7. The van der Waals surface area contributed by atoms with Crippen LogP contribution in [0.2, 0.25) is 0 Å². The molecule has 1 aliphatic rings.